The van der Waals surface area contributed by atoms with Crippen LogP contribution in [0.2, 0.25) is 0 Å². The average Bonchev–Trinajstić information content (AvgIpc) is 3.42. The molecule has 1 amide bonds. The number of ketones is 1. The van der Waals surface area contributed by atoms with Gasteiger partial charge < -0.3 is 20.1 Å². The first kappa shape index (κ1) is 20.8. The lowest BCUT2D eigenvalue weighted by atomic mass is 10.0. The fourth-order valence-electron chi connectivity index (χ4n) is 3.49. The van der Waals surface area contributed by atoms with E-state index in [0.29, 0.717) is 15.5 Å². The van der Waals surface area contributed by atoms with Crippen molar-refractivity contribution in [2.75, 3.05) is 33.0 Å². The molecule has 31 heavy (non-hydrogen) atoms. The molecule has 0 radical (unpaired) electrons. The number of nitrogens with two attached hydrogens (primary N) is 1. The van der Waals surface area contributed by atoms with Crippen LogP contribution in [0.5, 0.6) is 0 Å². The highest BCUT2D eigenvalue weighted by Crippen LogP contribution is 2.24. The van der Waals surface area contributed by atoms with E-state index in [9.17, 15) is 14.4 Å². The molecule has 0 aromatic carbocycles. The minimum absolute atomic E-state index is 0.00162. The highest BCUT2D eigenvalue weighted by atomic mass is 32.1. The third-order valence-electron chi connectivity index (χ3n) is 5.09. The van der Waals surface area contributed by atoms with Gasteiger partial charge in [-0.25, -0.2) is 0 Å². The lowest BCUT2D eigenvalue weighted by molar-refractivity contribution is -0.129. The number of nitrogen functional groups attached to an aromatic ring is 1. The number of carbonyl (C=O) groups is 2. The van der Waals surface area contributed by atoms with Crippen LogP contribution in [-0.4, -0.2) is 58.5 Å². The summed E-state index contributed by atoms with van der Waals surface area (Å²) in [6.07, 6.45) is 6.63. The van der Waals surface area contributed by atoms with Crippen LogP contribution in [0.1, 0.15) is 23.4 Å². The van der Waals surface area contributed by atoms with Gasteiger partial charge in [0, 0.05) is 13.1 Å². The maximum Gasteiger partial charge on any atom is 0.283 e. The van der Waals surface area contributed by atoms with Crippen molar-refractivity contribution in [3.8, 4) is 0 Å². The third kappa shape index (κ3) is 3.96. The Kier molecular flexibility index (Phi) is 5.59. The number of nitrogens with zero attached hydrogens (tertiary/aromatic N) is 4. The zero-order valence-electron chi connectivity index (χ0n) is 17.1. The van der Waals surface area contributed by atoms with Crippen molar-refractivity contribution in [1.29, 1.82) is 0 Å². The number of hydrogen-bond donors (Lipinski definition) is 1. The fraction of sp³-hybridized carbons (Fsp3) is 0.350. The van der Waals surface area contributed by atoms with E-state index in [1.165, 1.54) is 37.0 Å². The number of amides is 1. The average molecular weight is 443 g/mol. The predicted octanol–water partition coefficient (Wildman–Crippen LogP) is 0.925. The molecule has 1 aliphatic heterocycles. The SMILES string of the molecule is COC1=CC(=Cc2c(N)n3nc(CC(=O)N4CCCC4)sc3nc2=O)C=C(OC)C1=O. The molecule has 0 atom stereocenters. The van der Waals surface area contributed by atoms with E-state index < -0.39 is 11.3 Å². The smallest absolute Gasteiger partial charge is 0.283 e. The molecule has 10 nitrogen and oxygen atoms in total. The van der Waals surface area contributed by atoms with E-state index >= 15 is 0 Å². The molecule has 162 valence electrons. The summed E-state index contributed by atoms with van der Waals surface area (Å²) < 4.78 is 11.5. The van der Waals surface area contributed by atoms with Crippen molar-refractivity contribution in [1.82, 2.24) is 19.5 Å². The lowest BCUT2D eigenvalue weighted by Crippen LogP contribution is -2.29. The first-order valence-corrected chi connectivity index (χ1v) is 10.5. The number of fused-ring (bicyclic) bond motifs is 1. The third-order valence-corrected chi connectivity index (χ3v) is 6.00. The molecular weight excluding hydrogens is 422 g/mol. The normalized spacial score (nSPS) is 16.4. The maximum atomic E-state index is 12.6. The summed E-state index contributed by atoms with van der Waals surface area (Å²) in [7, 11) is 2.74. The highest BCUT2D eigenvalue weighted by Gasteiger charge is 2.23. The summed E-state index contributed by atoms with van der Waals surface area (Å²) in [6.45, 7) is 1.52. The van der Waals surface area contributed by atoms with Crippen molar-refractivity contribution in [2.24, 2.45) is 0 Å². The van der Waals surface area contributed by atoms with Gasteiger partial charge in [-0.05, 0) is 36.6 Å². The second-order valence-corrected chi connectivity index (χ2v) is 8.11. The van der Waals surface area contributed by atoms with Crippen LogP contribution in [0.15, 0.2) is 34.0 Å². The number of rotatable bonds is 5. The van der Waals surface area contributed by atoms with Gasteiger partial charge in [-0.2, -0.15) is 14.6 Å². The second-order valence-electron chi connectivity index (χ2n) is 7.07. The topological polar surface area (TPSA) is 129 Å². The minimum atomic E-state index is -0.539. The Hall–Kier alpha value is -3.47. The summed E-state index contributed by atoms with van der Waals surface area (Å²) >= 11 is 1.16. The van der Waals surface area contributed by atoms with Crippen LogP contribution in [0.4, 0.5) is 5.82 Å². The first-order chi connectivity index (χ1) is 14.9. The number of anilines is 1. The summed E-state index contributed by atoms with van der Waals surface area (Å²) in [5, 5.41) is 4.92. The Morgan fingerprint density at radius 1 is 1.19 bits per heavy atom. The van der Waals surface area contributed by atoms with Crippen molar-refractivity contribution < 1.29 is 19.1 Å². The fourth-order valence-corrected chi connectivity index (χ4v) is 4.37. The lowest BCUT2D eigenvalue weighted by Gasteiger charge is -2.13. The summed E-state index contributed by atoms with van der Waals surface area (Å²) in [4.78, 5) is 43.3. The van der Waals surface area contributed by atoms with Crippen molar-refractivity contribution >= 4 is 39.9 Å². The van der Waals surface area contributed by atoms with Gasteiger partial charge in [-0.3, -0.25) is 14.4 Å². The Morgan fingerprint density at radius 3 is 2.45 bits per heavy atom. The zero-order valence-corrected chi connectivity index (χ0v) is 17.9. The molecule has 1 fully saturated rings. The van der Waals surface area contributed by atoms with Gasteiger partial charge in [-0.15, -0.1) is 0 Å². The van der Waals surface area contributed by atoms with E-state index in [-0.39, 0.29) is 35.2 Å². The van der Waals surface area contributed by atoms with Gasteiger partial charge in [0.1, 0.15) is 10.8 Å². The molecule has 2 aromatic rings. The quantitative estimate of drug-likeness (QED) is 0.722. The Labute approximate surface area is 181 Å². The van der Waals surface area contributed by atoms with Crippen molar-refractivity contribution in [3.05, 3.63) is 50.2 Å². The molecule has 1 aliphatic carbocycles. The molecule has 0 spiro atoms. The molecule has 3 heterocycles. The molecule has 2 aliphatic rings. The number of hydrogen-bond acceptors (Lipinski definition) is 9. The molecule has 11 heteroatoms. The molecular formula is C20H21N5O5S. The van der Waals surface area contributed by atoms with Gasteiger partial charge in [0.05, 0.1) is 26.2 Å². The number of methoxy groups -OCH3 is 2. The van der Waals surface area contributed by atoms with Crippen LogP contribution in [-0.2, 0) is 25.5 Å². The predicted molar refractivity (Wildman–Crippen MR) is 114 cm³/mol. The largest absolute Gasteiger partial charge is 0.492 e. The van der Waals surface area contributed by atoms with Crippen LogP contribution in [0.3, 0.4) is 0 Å². The molecule has 0 unspecified atom stereocenters. The number of aromatic nitrogens is 3. The van der Waals surface area contributed by atoms with E-state index in [0.717, 1.165) is 37.3 Å². The summed E-state index contributed by atoms with van der Waals surface area (Å²) in [6, 6.07) is 0. The summed E-state index contributed by atoms with van der Waals surface area (Å²) in [5.41, 5.74) is 6.28. The Balaban J connectivity index is 1.70. The van der Waals surface area contributed by atoms with Crippen LogP contribution < -0.4 is 11.3 Å². The zero-order chi connectivity index (χ0) is 22.1. The van der Waals surface area contributed by atoms with Crippen LogP contribution >= 0.6 is 11.3 Å². The number of allylic oxidation sites excluding steroid dienone is 3. The van der Waals surface area contributed by atoms with Gasteiger partial charge in [0.2, 0.25) is 10.9 Å². The standard InChI is InChI=1S/C20H21N5O5S/c1-29-13-8-11(9-14(30-2)17(13)27)7-12-18(21)25-20(22-19(12)28)31-15(23-25)10-16(26)24-5-3-4-6-24/h7-9H,3-6,10,21H2,1-2H3. The monoisotopic (exact) mass is 443 g/mol. The number of likely N-dealkylation sites (tertiary alicyclic amines) is 1. The van der Waals surface area contributed by atoms with Crippen LogP contribution in [0, 0.1) is 0 Å². The molecule has 1 saturated heterocycles. The van der Waals surface area contributed by atoms with Gasteiger partial charge in [-0.1, -0.05) is 11.3 Å². The number of ether oxygens (including phenoxy) is 2. The van der Waals surface area contributed by atoms with E-state index in [4.69, 9.17) is 15.2 Å². The first-order valence-electron chi connectivity index (χ1n) is 9.65. The minimum Gasteiger partial charge on any atom is -0.492 e. The van der Waals surface area contributed by atoms with Gasteiger partial charge in [0.25, 0.3) is 11.3 Å². The molecule has 4 rings (SSSR count). The summed E-state index contributed by atoms with van der Waals surface area (Å²) in [5.74, 6) is -0.145. The molecule has 0 saturated carbocycles. The molecule has 2 aromatic heterocycles. The van der Waals surface area contributed by atoms with Gasteiger partial charge >= 0.3 is 0 Å². The van der Waals surface area contributed by atoms with Crippen LogP contribution in [0.25, 0.3) is 11.0 Å². The van der Waals surface area contributed by atoms with E-state index in [1.54, 1.807) is 0 Å². The second kappa shape index (κ2) is 8.34. The molecule has 2 N–H and O–H groups in total. The van der Waals surface area contributed by atoms with E-state index in [1.807, 2.05) is 4.90 Å². The van der Waals surface area contributed by atoms with Crippen molar-refractivity contribution in [2.45, 2.75) is 19.3 Å². The van der Waals surface area contributed by atoms with Crippen molar-refractivity contribution in [3.63, 3.8) is 0 Å². The molecule has 0 bridgehead atoms. The highest BCUT2D eigenvalue weighted by molar-refractivity contribution is 7.16. The maximum absolute atomic E-state index is 12.6. The van der Waals surface area contributed by atoms with E-state index in [2.05, 4.69) is 10.1 Å². The number of Topliss-reactive ketones (excluding diaryl/α,β-unsaturated/α-hetero) is 1. The number of carbonyl (C=O) groups excluding carboxylic acids is 2. The van der Waals surface area contributed by atoms with Gasteiger partial charge in [0.15, 0.2) is 11.5 Å². The Bertz CT molecular complexity index is 1190. The Morgan fingerprint density at radius 2 is 1.84 bits per heavy atom.